The van der Waals surface area contributed by atoms with Crippen LogP contribution in [0.25, 0.3) is 0 Å². The molecule has 0 unspecified atom stereocenters. The molecule has 8 heteroatoms. The number of nitrogens with zero attached hydrogens (tertiary/aromatic N) is 2. The number of rotatable bonds is 6. The molecule has 2 N–H and O–H groups in total. The van der Waals surface area contributed by atoms with Crippen molar-refractivity contribution in [2.45, 2.75) is 24.7 Å². The molecule has 0 spiro atoms. The molecule has 0 aliphatic carbocycles. The SMILES string of the molecule is CC(C)c1ccc(S(=O)(=O)Nc2cc(C(=O)N(C)C)ccc2N2CCNCC2)cc1. The zero-order valence-electron chi connectivity index (χ0n) is 18.0. The fourth-order valence-corrected chi connectivity index (χ4v) is 4.49. The molecule has 30 heavy (non-hydrogen) atoms. The molecule has 1 heterocycles. The van der Waals surface area contributed by atoms with Crippen LogP contribution in [-0.2, 0) is 10.0 Å². The van der Waals surface area contributed by atoms with Crippen LogP contribution in [0.5, 0.6) is 0 Å². The lowest BCUT2D eigenvalue weighted by Gasteiger charge is -2.31. The van der Waals surface area contributed by atoms with E-state index in [9.17, 15) is 13.2 Å². The summed E-state index contributed by atoms with van der Waals surface area (Å²) in [4.78, 5) is 16.2. The lowest BCUT2D eigenvalue weighted by molar-refractivity contribution is 0.0827. The van der Waals surface area contributed by atoms with Crippen LogP contribution < -0.4 is 14.9 Å². The molecule has 7 nitrogen and oxygen atoms in total. The van der Waals surface area contributed by atoms with Crippen molar-refractivity contribution in [2.24, 2.45) is 0 Å². The van der Waals surface area contributed by atoms with Gasteiger partial charge in [-0.05, 0) is 41.8 Å². The van der Waals surface area contributed by atoms with Crippen molar-refractivity contribution in [1.29, 1.82) is 0 Å². The minimum atomic E-state index is -3.80. The Labute approximate surface area is 179 Å². The number of anilines is 2. The summed E-state index contributed by atoms with van der Waals surface area (Å²) >= 11 is 0. The van der Waals surface area contributed by atoms with E-state index in [1.165, 1.54) is 4.90 Å². The Balaban J connectivity index is 1.98. The molecule has 0 atom stereocenters. The number of nitrogens with one attached hydrogen (secondary N) is 2. The molecule has 162 valence electrons. The average molecular weight is 431 g/mol. The second kappa shape index (κ2) is 9.06. The number of carbonyl (C=O) groups excluding carboxylic acids is 1. The second-order valence-electron chi connectivity index (χ2n) is 8.00. The van der Waals surface area contributed by atoms with Gasteiger partial charge in [0, 0.05) is 45.8 Å². The lowest BCUT2D eigenvalue weighted by Crippen LogP contribution is -2.43. The third-order valence-corrected chi connectivity index (χ3v) is 6.59. The van der Waals surface area contributed by atoms with Gasteiger partial charge in [-0.2, -0.15) is 0 Å². The van der Waals surface area contributed by atoms with Crippen LogP contribution in [0.1, 0.15) is 35.7 Å². The third kappa shape index (κ3) is 4.94. The smallest absolute Gasteiger partial charge is 0.261 e. The normalized spacial score (nSPS) is 14.6. The van der Waals surface area contributed by atoms with Gasteiger partial charge in [-0.15, -0.1) is 0 Å². The van der Waals surface area contributed by atoms with Gasteiger partial charge in [0.05, 0.1) is 16.3 Å². The topological polar surface area (TPSA) is 81.8 Å². The molecule has 0 bridgehead atoms. The van der Waals surface area contributed by atoms with E-state index >= 15 is 0 Å². The largest absolute Gasteiger partial charge is 0.367 e. The molecule has 1 amide bonds. The van der Waals surface area contributed by atoms with Gasteiger partial charge in [-0.1, -0.05) is 26.0 Å². The van der Waals surface area contributed by atoms with Gasteiger partial charge in [0.1, 0.15) is 0 Å². The van der Waals surface area contributed by atoms with Gasteiger partial charge >= 0.3 is 0 Å². The van der Waals surface area contributed by atoms with E-state index in [-0.39, 0.29) is 10.8 Å². The molecule has 1 aliphatic heterocycles. The maximum atomic E-state index is 13.1. The summed E-state index contributed by atoms with van der Waals surface area (Å²) in [6.45, 7) is 7.30. The fraction of sp³-hybridized carbons (Fsp3) is 0.409. The first kappa shape index (κ1) is 22.1. The Morgan fingerprint density at radius 3 is 2.27 bits per heavy atom. The highest BCUT2D eigenvalue weighted by Gasteiger charge is 2.22. The predicted octanol–water partition coefficient (Wildman–Crippen LogP) is 2.72. The van der Waals surface area contributed by atoms with Crippen LogP contribution in [0.2, 0.25) is 0 Å². The van der Waals surface area contributed by atoms with Crippen molar-refractivity contribution in [3.05, 3.63) is 53.6 Å². The van der Waals surface area contributed by atoms with E-state index in [1.54, 1.807) is 38.4 Å². The minimum Gasteiger partial charge on any atom is -0.367 e. The second-order valence-corrected chi connectivity index (χ2v) is 9.68. The van der Waals surface area contributed by atoms with Crippen LogP contribution >= 0.6 is 0 Å². The van der Waals surface area contributed by atoms with Crippen molar-refractivity contribution in [3.8, 4) is 0 Å². The van der Waals surface area contributed by atoms with Crippen molar-refractivity contribution in [3.63, 3.8) is 0 Å². The van der Waals surface area contributed by atoms with Gasteiger partial charge in [-0.3, -0.25) is 9.52 Å². The van der Waals surface area contributed by atoms with Crippen LogP contribution in [0.15, 0.2) is 47.4 Å². The van der Waals surface area contributed by atoms with E-state index in [2.05, 4.69) is 28.8 Å². The van der Waals surface area contributed by atoms with E-state index in [0.717, 1.165) is 37.4 Å². The van der Waals surface area contributed by atoms with Crippen LogP contribution in [0.4, 0.5) is 11.4 Å². The highest BCUT2D eigenvalue weighted by Crippen LogP contribution is 2.30. The average Bonchev–Trinajstić information content (AvgIpc) is 2.73. The van der Waals surface area contributed by atoms with Crippen LogP contribution in [-0.4, -0.2) is 59.5 Å². The Kier molecular flexibility index (Phi) is 6.67. The molecule has 0 saturated carbocycles. The summed E-state index contributed by atoms with van der Waals surface area (Å²) in [5.74, 6) is 0.145. The van der Waals surface area contributed by atoms with E-state index < -0.39 is 10.0 Å². The van der Waals surface area contributed by atoms with Crippen molar-refractivity contribution in [1.82, 2.24) is 10.2 Å². The van der Waals surface area contributed by atoms with Gasteiger partial charge in [-0.25, -0.2) is 8.42 Å². The Hall–Kier alpha value is -2.58. The van der Waals surface area contributed by atoms with Crippen LogP contribution in [0.3, 0.4) is 0 Å². The summed E-state index contributed by atoms with van der Waals surface area (Å²) in [7, 11) is -0.450. The predicted molar refractivity (Wildman–Crippen MR) is 121 cm³/mol. The maximum Gasteiger partial charge on any atom is 0.261 e. The van der Waals surface area contributed by atoms with Gasteiger partial charge in [0.15, 0.2) is 0 Å². The zero-order chi connectivity index (χ0) is 21.9. The lowest BCUT2D eigenvalue weighted by atomic mass is 10.0. The zero-order valence-corrected chi connectivity index (χ0v) is 18.8. The molecule has 0 aromatic heterocycles. The molecule has 1 saturated heterocycles. The quantitative estimate of drug-likeness (QED) is 0.736. The number of carbonyl (C=O) groups is 1. The molecular weight excluding hydrogens is 400 g/mol. The third-order valence-electron chi connectivity index (χ3n) is 5.21. The van der Waals surface area contributed by atoms with E-state index in [4.69, 9.17) is 0 Å². The van der Waals surface area contributed by atoms with Crippen molar-refractivity contribution in [2.75, 3.05) is 49.9 Å². The number of hydrogen-bond acceptors (Lipinski definition) is 5. The summed E-state index contributed by atoms with van der Waals surface area (Å²) in [6, 6.07) is 12.1. The summed E-state index contributed by atoms with van der Waals surface area (Å²) in [6.07, 6.45) is 0. The first-order valence-corrected chi connectivity index (χ1v) is 11.6. The number of piperazine rings is 1. The van der Waals surface area contributed by atoms with Gasteiger partial charge in [0.25, 0.3) is 15.9 Å². The Bertz CT molecular complexity index is 996. The molecule has 3 rings (SSSR count). The first-order valence-electron chi connectivity index (χ1n) is 10.1. The summed E-state index contributed by atoms with van der Waals surface area (Å²) in [5, 5.41) is 3.30. The summed E-state index contributed by atoms with van der Waals surface area (Å²) in [5.41, 5.74) is 2.70. The number of sulfonamides is 1. The molecule has 2 aromatic rings. The highest BCUT2D eigenvalue weighted by molar-refractivity contribution is 7.92. The molecule has 1 aliphatic rings. The Morgan fingerprint density at radius 2 is 1.70 bits per heavy atom. The van der Waals surface area contributed by atoms with Crippen molar-refractivity contribution < 1.29 is 13.2 Å². The molecular formula is C22H30N4O3S. The number of hydrogen-bond donors (Lipinski definition) is 2. The molecule has 2 aromatic carbocycles. The van der Waals surface area contributed by atoms with Crippen molar-refractivity contribution >= 4 is 27.3 Å². The van der Waals surface area contributed by atoms with Gasteiger partial charge < -0.3 is 15.1 Å². The Morgan fingerprint density at radius 1 is 1.07 bits per heavy atom. The van der Waals surface area contributed by atoms with Crippen LogP contribution in [0, 0.1) is 0 Å². The number of amides is 1. The maximum absolute atomic E-state index is 13.1. The first-order chi connectivity index (χ1) is 14.2. The molecule has 0 radical (unpaired) electrons. The van der Waals surface area contributed by atoms with E-state index in [1.807, 2.05) is 18.2 Å². The summed E-state index contributed by atoms with van der Waals surface area (Å²) < 4.78 is 28.9. The highest BCUT2D eigenvalue weighted by atomic mass is 32.2. The van der Waals surface area contributed by atoms with E-state index in [0.29, 0.717) is 17.2 Å². The fourth-order valence-electron chi connectivity index (χ4n) is 3.43. The monoisotopic (exact) mass is 430 g/mol. The standard InChI is InChI=1S/C22H30N4O3S/c1-16(2)17-5-8-19(9-6-17)30(28,29)24-20-15-18(22(27)25(3)4)7-10-21(20)26-13-11-23-12-14-26/h5-10,15-16,23-24H,11-14H2,1-4H3. The number of benzene rings is 2. The van der Waals surface area contributed by atoms with Gasteiger partial charge in [0.2, 0.25) is 0 Å². The molecule has 1 fully saturated rings. The minimum absolute atomic E-state index is 0.177.